The third-order valence-electron chi connectivity index (χ3n) is 3.58. The van der Waals surface area contributed by atoms with Crippen LogP contribution in [0.1, 0.15) is 21.6 Å². The van der Waals surface area contributed by atoms with E-state index >= 15 is 0 Å². The van der Waals surface area contributed by atoms with Crippen LogP contribution >= 0.6 is 11.3 Å². The minimum absolute atomic E-state index is 0.822. The monoisotopic (exact) mass is 297 g/mol. The molecule has 2 aromatic heterocycles. The van der Waals surface area contributed by atoms with Gasteiger partial charge in [0, 0.05) is 30.4 Å². The van der Waals surface area contributed by atoms with Crippen molar-refractivity contribution in [1.82, 2.24) is 15.1 Å². The SMILES string of the molecule is Cc1ccsc1CNCc1ccccc1Cn1cccn1. The van der Waals surface area contributed by atoms with Crippen molar-refractivity contribution in [2.45, 2.75) is 26.6 Å². The molecule has 0 amide bonds. The summed E-state index contributed by atoms with van der Waals surface area (Å²) in [6.07, 6.45) is 3.82. The van der Waals surface area contributed by atoms with Crippen LogP contribution in [0.3, 0.4) is 0 Å². The predicted molar refractivity (Wildman–Crippen MR) is 87.4 cm³/mol. The number of rotatable bonds is 6. The van der Waals surface area contributed by atoms with E-state index in [0.717, 1.165) is 19.6 Å². The van der Waals surface area contributed by atoms with Gasteiger partial charge in [-0.1, -0.05) is 24.3 Å². The molecule has 0 aliphatic carbocycles. The van der Waals surface area contributed by atoms with Gasteiger partial charge in [-0.2, -0.15) is 5.10 Å². The molecule has 3 rings (SSSR count). The first-order chi connectivity index (χ1) is 10.3. The second-order valence-electron chi connectivity index (χ2n) is 5.10. The molecule has 3 nitrogen and oxygen atoms in total. The summed E-state index contributed by atoms with van der Waals surface area (Å²) in [4.78, 5) is 1.42. The van der Waals surface area contributed by atoms with Gasteiger partial charge in [-0.25, -0.2) is 0 Å². The van der Waals surface area contributed by atoms with Crippen molar-refractivity contribution in [3.63, 3.8) is 0 Å². The summed E-state index contributed by atoms with van der Waals surface area (Å²) in [6.45, 7) is 4.80. The molecule has 2 heterocycles. The largest absolute Gasteiger partial charge is 0.308 e. The molecule has 0 radical (unpaired) electrons. The zero-order valence-corrected chi connectivity index (χ0v) is 12.9. The highest BCUT2D eigenvalue weighted by Gasteiger charge is 2.04. The number of hydrogen-bond acceptors (Lipinski definition) is 3. The van der Waals surface area contributed by atoms with Crippen molar-refractivity contribution in [3.8, 4) is 0 Å². The summed E-state index contributed by atoms with van der Waals surface area (Å²) < 4.78 is 1.96. The molecule has 0 bridgehead atoms. The number of hydrogen-bond donors (Lipinski definition) is 1. The van der Waals surface area contributed by atoms with Gasteiger partial charge in [-0.3, -0.25) is 4.68 Å². The molecule has 3 aromatic rings. The molecule has 0 saturated heterocycles. The summed E-state index contributed by atoms with van der Waals surface area (Å²) in [5.41, 5.74) is 4.02. The highest BCUT2D eigenvalue weighted by molar-refractivity contribution is 7.10. The lowest BCUT2D eigenvalue weighted by atomic mass is 10.1. The predicted octanol–water partition coefficient (Wildman–Crippen LogP) is 3.59. The minimum Gasteiger partial charge on any atom is -0.308 e. The van der Waals surface area contributed by atoms with Gasteiger partial charge in [0.15, 0.2) is 0 Å². The minimum atomic E-state index is 0.822. The molecule has 4 heteroatoms. The van der Waals surface area contributed by atoms with E-state index in [4.69, 9.17) is 0 Å². The molecule has 0 aliphatic heterocycles. The Morgan fingerprint density at radius 3 is 2.67 bits per heavy atom. The molecule has 108 valence electrons. The molecule has 0 unspecified atom stereocenters. The Balaban J connectivity index is 1.64. The number of nitrogens with zero attached hydrogens (tertiary/aromatic N) is 2. The highest BCUT2D eigenvalue weighted by Crippen LogP contribution is 2.16. The Morgan fingerprint density at radius 1 is 1.10 bits per heavy atom. The molecule has 0 aliphatic rings. The van der Waals surface area contributed by atoms with Crippen molar-refractivity contribution >= 4 is 11.3 Å². The molecule has 0 atom stereocenters. The van der Waals surface area contributed by atoms with E-state index in [0.29, 0.717) is 0 Å². The number of benzene rings is 1. The van der Waals surface area contributed by atoms with E-state index in [1.165, 1.54) is 21.6 Å². The highest BCUT2D eigenvalue weighted by atomic mass is 32.1. The van der Waals surface area contributed by atoms with Gasteiger partial charge in [-0.05, 0) is 41.1 Å². The topological polar surface area (TPSA) is 29.9 Å². The van der Waals surface area contributed by atoms with Gasteiger partial charge < -0.3 is 5.32 Å². The van der Waals surface area contributed by atoms with E-state index in [1.54, 1.807) is 0 Å². The molecule has 1 N–H and O–H groups in total. The third kappa shape index (κ3) is 3.60. The van der Waals surface area contributed by atoms with Crippen LogP contribution in [0.5, 0.6) is 0 Å². The van der Waals surface area contributed by atoms with Gasteiger partial charge in [0.1, 0.15) is 0 Å². The fourth-order valence-corrected chi connectivity index (χ4v) is 3.22. The average Bonchev–Trinajstić information content (AvgIpc) is 3.13. The maximum absolute atomic E-state index is 4.28. The van der Waals surface area contributed by atoms with Crippen molar-refractivity contribution in [2.75, 3.05) is 0 Å². The van der Waals surface area contributed by atoms with Crippen LogP contribution in [0.2, 0.25) is 0 Å². The number of thiophene rings is 1. The maximum Gasteiger partial charge on any atom is 0.0662 e. The first-order valence-corrected chi connectivity index (χ1v) is 7.99. The molecule has 1 aromatic carbocycles. The molecule has 0 spiro atoms. The van der Waals surface area contributed by atoms with Crippen LogP contribution in [-0.2, 0) is 19.6 Å². The van der Waals surface area contributed by atoms with Gasteiger partial charge in [-0.15, -0.1) is 11.3 Å². The summed E-state index contributed by atoms with van der Waals surface area (Å²) in [7, 11) is 0. The smallest absolute Gasteiger partial charge is 0.0662 e. The lowest BCUT2D eigenvalue weighted by Gasteiger charge is -2.11. The lowest BCUT2D eigenvalue weighted by molar-refractivity contribution is 0.658. The lowest BCUT2D eigenvalue weighted by Crippen LogP contribution is -2.14. The Hall–Kier alpha value is -1.91. The van der Waals surface area contributed by atoms with Crippen LogP contribution < -0.4 is 5.32 Å². The second-order valence-corrected chi connectivity index (χ2v) is 6.10. The molecule has 21 heavy (non-hydrogen) atoms. The van der Waals surface area contributed by atoms with Gasteiger partial charge in [0.2, 0.25) is 0 Å². The second kappa shape index (κ2) is 6.70. The fraction of sp³-hybridized carbons (Fsp3) is 0.235. The first-order valence-electron chi connectivity index (χ1n) is 7.11. The van der Waals surface area contributed by atoms with Crippen molar-refractivity contribution in [3.05, 3.63) is 75.7 Å². The van der Waals surface area contributed by atoms with Gasteiger partial charge in [0.25, 0.3) is 0 Å². The number of aromatic nitrogens is 2. The van der Waals surface area contributed by atoms with E-state index in [-0.39, 0.29) is 0 Å². The average molecular weight is 297 g/mol. The quantitative estimate of drug-likeness (QED) is 0.753. The summed E-state index contributed by atoms with van der Waals surface area (Å²) in [6, 6.07) is 12.7. The zero-order chi connectivity index (χ0) is 14.5. The van der Waals surface area contributed by atoms with Crippen LogP contribution in [0.15, 0.2) is 54.2 Å². The summed E-state index contributed by atoms with van der Waals surface area (Å²) in [5.74, 6) is 0. The summed E-state index contributed by atoms with van der Waals surface area (Å²) in [5, 5.41) is 9.98. The fourth-order valence-electron chi connectivity index (χ4n) is 2.35. The van der Waals surface area contributed by atoms with Crippen LogP contribution in [0.25, 0.3) is 0 Å². The molecular formula is C17H19N3S. The zero-order valence-electron chi connectivity index (χ0n) is 12.1. The Kier molecular flexibility index (Phi) is 4.48. The molecule has 0 fully saturated rings. The third-order valence-corrected chi connectivity index (χ3v) is 4.60. The van der Waals surface area contributed by atoms with E-state index in [2.05, 4.69) is 53.1 Å². The summed E-state index contributed by atoms with van der Waals surface area (Å²) >= 11 is 1.82. The van der Waals surface area contributed by atoms with Crippen molar-refractivity contribution in [1.29, 1.82) is 0 Å². The van der Waals surface area contributed by atoms with E-state index in [9.17, 15) is 0 Å². The van der Waals surface area contributed by atoms with E-state index < -0.39 is 0 Å². The maximum atomic E-state index is 4.28. The van der Waals surface area contributed by atoms with Gasteiger partial charge >= 0.3 is 0 Å². The Morgan fingerprint density at radius 2 is 1.95 bits per heavy atom. The normalized spacial score (nSPS) is 10.9. The first kappa shape index (κ1) is 14.0. The van der Waals surface area contributed by atoms with E-state index in [1.807, 2.05) is 34.5 Å². The van der Waals surface area contributed by atoms with Crippen LogP contribution in [-0.4, -0.2) is 9.78 Å². The Bertz CT molecular complexity index is 686. The van der Waals surface area contributed by atoms with Crippen LogP contribution in [0, 0.1) is 6.92 Å². The van der Waals surface area contributed by atoms with Crippen LogP contribution in [0.4, 0.5) is 0 Å². The standard InChI is InChI=1S/C17H19N3S/c1-14-7-10-21-17(14)12-18-11-15-5-2-3-6-16(15)13-20-9-4-8-19-20/h2-10,18H,11-13H2,1H3. The van der Waals surface area contributed by atoms with Gasteiger partial charge in [0.05, 0.1) is 6.54 Å². The number of nitrogens with one attached hydrogen (secondary N) is 1. The van der Waals surface area contributed by atoms with Crippen molar-refractivity contribution in [2.24, 2.45) is 0 Å². The molecule has 0 saturated carbocycles. The number of aryl methyl sites for hydroxylation is 1. The van der Waals surface area contributed by atoms with Crippen molar-refractivity contribution < 1.29 is 0 Å². The molecular weight excluding hydrogens is 278 g/mol. The Labute approximate surface area is 129 Å².